The van der Waals surface area contributed by atoms with E-state index in [1.165, 1.54) is 36.9 Å². The van der Waals surface area contributed by atoms with Gasteiger partial charge in [-0.05, 0) is 61.8 Å². The molecule has 2 aliphatic rings. The highest BCUT2D eigenvalue weighted by Crippen LogP contribution is 2.47. The first-order valence-corrected chi connectivity index (χ1v) is 6.66. The molecule has 0 radical (unpaired) electrons. The van der Waals surface area contributed by atoms with Crippen molar-refractivity contribution in [3.63, 3.8) is 0 Å². The zero-order valence-electron chi connectivity index (χ0n) is 10.7. The second-order valence-electron chi connectivity index (χ2n) is 5.51. The lowest BCUT2D eigenvalue weighted by atomic mass is 10.1. The molecule has 0 saturated heterocycles. The van der Waals surface area contributed by atoms with Crippen LogP contribution in [-0.2, 0) is 0 Å². The number of aryl methyl sites for hydroxylation is 1. The van der Waals surface area contributed by atoms with E-state index in [0.717, 1.165) is 23.6 Å². The SMILES string of the molecule is COc1ccc(C2CC2CNC2CC2)cc1C. The van der Waals surface area contributed by atoms with Crippen LogP contribution in [0.4, 0.5) is 0 Å². The van der Waals surface area contributed by atoms with E-state index in [0.29, 0.717) is 0 Å². The van der Waals surface area contributed by atoms with Crippen LogP contribution in [0.5, 0.6) is 5.75 Å². The van der Waals surface area contributed by atoms with Crippen molar-refractivity contribution in [3.8, 4) is 5.75 Å². The van der Waals surface area contributed by atoms with Crippen LogP contribution < -0.4 is 10.1 Å². The van der Waals surface area contributed by atoms with Crippen molar-refractivity contribution in [1.29, 1.82) is 0 Å². The molecule has 0 spiro atoms. The zero-order chi connectivity index (χ0) is 11.8. The summed E-state index contributed by atoms with van der Waals surface area (Å²) in [5, 5.41) is 3.63. The maximum atomic E-state index is 5.30. The Bertz CT molecular complexity index is 411. The Morgan fingerprint density at radius 1 is 1.35 bits per heavy atom. The molecule has 1 N–H and O–H groups in total. The van der Waals surface area contributed by atoms with Crippen LogP contribution in [-0.4, -0.2) is 19.7 Å². The molecule has 0 bridgehead atoms. The van der Waals surface area contributed by atoms with Gasteiger partial charge in [0, 0.05) is 6.04 Å². The normalized spacial score (nSPS) is 26.9. The summed E-state index contributed by atoms with van der Waals surface area (Å²) in [4.78, 5) is 0. The summed E-state index contributed by atoms with van der Waals surface area (Å²) in [6, 6.07) is 7.47. The molecule has 2 fully saturated rings. The maximum Gasteiger partial charge on any atom is 0.121 e. The molecule has 92 valence electrons. The predicted octanol–water partition coefficient (Wildman–Crippen LogP) is 2.86. The van der Waals surface area contributed by atoms with E-state index in [-0.39, 0.29) is 0 Å². The number of hydrogen-bond donors (Lipinski definition) is 1. The van der Waals surface area contributed by atoms with Gasteiger partial charge < -0.3 is 10.1 Å². The van der Waals surface area contributed by atoms with Crippen LogP contribution in [0.25, 0.3) is 0 Å². The van der Waals surface area contributed by atoms with Crippen LogP contribution in [0.2, 0.25) is 0 Å². The first kappa shape index (κ1) is 11.1. The van der Waals surface area contributed by atoms with Crippen LogP contribution >= 0.6 is 0 Å². The van der Waals surface area contributed by atoms with Crippen LogP contribution in [0.3, 0.4) is 0 Å². The van der Waals surface area contributed by atoms with Gasteiger partial charge in [0.1, 0.15) is 5.75 Å². The number of rotatable bonds is 5. The van der Waals surface area contributed by atoms with Gasteiger partial charge in [-0.15, -0.1) is 0 Å². The summed E-state index contributed by atoms with van der Waals surface area (Å²) in [6.45, 7) is 3.34. The second-order valence-corrected chi connectivity index (χ2v) is 5.51. The lowest BCUT2D eigenvalue weighted by Gasteiger charge is -2.07. The third-order valence-corrected chi connectivity index (χ3v) is 4.02. The minimum Gasteiger partial charge on any atom is -0.496 e. The molecule has 0 aliphatic heterocycles. The highest BCUT2D eigenvalue weighted by atomic mass is 16.5. The smallest absolute Gasteiger partial charge is 0.121 e. The molecular formula is C15H21NO. The number of ether oxygens (including phenoxy) is 1. The van der Waals surface area contributed by atoms with Crippen molar-refractivity contribution < 1.29 is 4.74 Å². The predicted molar refractivity (Wildman–Crippen MR) is 69.6 cm³/mol. The van der Waals surface area contributed by atoms with Gasteiger partial charge in [-0.3, -0.25) is 0 Å². The molecule has 2 nitrogen and oxygen atoms in total. The largest absolute Gasteiger partial charge is 0.496 e. The first-order chi connectivity index (χ1) is 8.28. The minimum absolute atomic E-state index is 0.783. The lowest BCUT2D eigenvalue weighted by molar-refractivity contribution is 0.411. The summed E-state index contributed by atoms with van der Waals surface area (Å²) in [5.41, 5.74) is 2.75. The monoisotopic (exact) mass is 231 g/mol. The Morgan fingerprint density at radius 2 is 2.18 bits per heavy atom. The van der Waals surface area contributed by atoms with Crippen molar-refractivity contribution in [2.45, 2.75) is 38.1 Å². The summed E-state index contributed by atoms with van der Waals surface area (Å²) in [5.74, 6) is 2.65. The Kier molecular flexibility index (Phi) is 2.83. The first-order valence-electron chi connectivity index (χ1n) is 6.66. The third-order valence-electron chi connectivity index (χ3n) is 4.02. The molecule has 2 heteroatoms. The van der Waals surface area contributed by atoms with Crippen LogP contribution in [0, 0.1) is 12.8 Å². The summed E-state index contributed by atoms with van der Waals surface area (Å²) in [7, 11) is 1.74. The molecule has 0 heterocycles. The highest BCUT2D eigenvalue weighted by Gasteiger charge is 2.38. The fraction of sp³-hybridized carbons (Fsp3) is 0.600. The minimum atomic E-state index is 0.783. The van der Waals surface area contributed by atoms with Gasteiger partial charge in [0.2, 0.25) is 0 Å². The second kappa shape index (κ2) is 4.34. The van der Waals surface area contributed by atoms with Crippen LogP contribution in [0.15, 0.2) is 18.2 Å². The van der Waals surface area contributed by atoms with E-state index < -0.39 is 0 Å². The van der Waals surface area contributed by atoms with Gasteiger partial charge in [-0.2, -0.15) is 0 Å². The van der Waals surface area contributed by atoms with Crippen LogP contribution in [0.1, 0.15) is 36.3 Å². The van der Waals surface area contributed by atoms with Gasteiger partial charge >= 0.3 is 0 Å². The maximum absolute atomic E-state index is 5.30. The Morgan fingerprint density at radius 3 is 2.82 bits per heavy atom. The van der Waals surface area contributed by atoms with Crippen molar-refractivity contribution in [3.05, 3.63) is 29.3 Å². The van der Waals surface area contributed by atoms with Gasteiger partial charge in [0.25, 0.3) is 0 Å². The molecule has 3 rings (SSSR count). The molecule has 2 unspecified atom stereocenters. The van der Waals surface area contributed by atoms with E-state index >= 15 is 0 Å². The van der Waals surface area contributed by atoms with Gasteiger partial charge in [-0.25, -0.2) is 0 Å². The molecule has 0 amide bonds. The number of methoxy groups -OCH3 is 1. The van der Waals surface area contributed by atoms with E-state index in [2.05, 4.69) is 30.4 Å². The average molecular weight is 231 g/mol. The van der Waals surface area contributed by atoms with Crippen molar-refractivity contribution in [2.75, 3.05) is 13.7 Å². The standard InChI is InChI=1S/C15H21NO/c1-10-7-11(3-6-15(10)17-2)14-8-12(14)9-16-13-4-5-13/h3,6-7,12-14,16H,4-5,8-9H2,1-2H3. The quantitative estimate of drug-likeness (QED) is 0.841. The molecule has 2 aliphatic carbocycles. The number of benzene rings is 1. The zero-order valence-corrected chi connectivity index (χ0v) is 10.7. The Balaban J connectivity index is 1.59. The molecule has 1 aromatic rings. The lowest BCUT2D eigenvalue weighted by Crippen LogP contribution is -2.19. The molecule has 2 saturated carbocycles. The third kappa shape index (κ3) is 2.47. The molecule has 0 aromatic heterocycles. The van der Waals surface area contributed by atoms with E-state index in [1.54, 1.807) is 7.11 Å². The van der Waals surface area contributed by atoms with E-state index in [1.807, 2.05) is 0 Å². The molecule has 1 aromatic carbocycles. The molecule has 17 heavy (non-hydrogen) atoms. The van der Waals surface area contributed by atoms with Crippen molar-refractivity contribution in [1.82, 2.24) is 5.32 Å². The number of nitrogens with one attached hydrogen (secondary N) is 1. The summed E-state index contributed by atoms with van der Waals surface area (Å²) >= 11 is 0. The van der Waals surface area contributed by atoms with Gasteiger partial charge in [-0.1, -0.05) is 12.1 Å². The molecular weight excluding hydrogens is 210 g/mol. The molecule has 2 atom stereocenters. The Labute approximate surface area is 103 Å². The van der Waals surface area contributed by atoms with E-state index in [9.17, 15) is 0 Å². The van der Waals surface area contributed by atoms with Gasteiger partial charge in [0.15, 0.2) is 0 Å². The van der Waals surface area contributed by atoms with Crippen molar-refractivity contribution in [2.24, 2.45) is 5.92 Å². The fourth-order valence-electron chi connectivity index (χ4n) is 2.62. The highest BCUT2D eigenvalue weighted by molar-refractivity contribution is 5.39. The van der Waals surface area contributed by atoms with Crippen molar-refractivity contribution >= 4 is 0 Å². The summed E-state index contributed by atoms with van der Waals surface area (Å²) < 4.78 is 5.30. The summed E-state index contributed by atoms with van der Waals surface area (Å²) in [6.07, 6.45) is 4.13. The fourth-order valence-corrected chi connectivity index (χ4v) is 2.62. The number of hydrogen-bond acceptors (Lipinski definition) is 2. The van der Waals surface area contributed by atoms with E-state index in [4.69, 9.17) is 4.74 Å². The van der Waals surface area contributed by atoms with Gasteiger partial charge in [0.05, 0.1) is 7.11 Å². The average Bonchev–Trinajstić information content (AvgIpc) is 3.20. The topological polar surface area (TPSA) is 21.3 Å². The Hall–Kier alpha value is -1.02.